The highest BCUT2D eigenvalue weighted by Crippen LogP contribution is 2.54. The van der Waals surface area contributed by atoms with Gasteiger partial charge in [-0.25, -0.2) is 0 Å². The first-order valence-corrected chi connectivity index (χ1v) is 16.9. The molecule has 0 aromatic heterocycles. The van der Waals surface area contributed by atoms with Gasteiger partial charge in [0.2, 0.25) is 0 Å². The van der Waals surface area contributed by atoms with Crippen LogP contribution in [0.1, 0.15) is 37.8 Å². The second-order valence-corrected chi connectivity index (χ2v) is 13.5. The van der Waals surface area contributed by atoms with Crippen LogP contribution in [0, 0.1) is 5.41 Å². The summed E-state index contributed by atoms with van der Waals surface area (Å²) in [5.74, 6) is 1.35. The normalized spacial score (nSPS) is 17.5. The van der Waals surface area contributed by atoms with Crippen LogP contribution in [0.5, 0.6) is 11.5 Å². The zero-order chi connectivity index (χ0) is 25.1. The van der Waals surface area contributed by atoms with E-state index in [1.807, 2.05) is 36.4 Å². The average Bonchev–Trinajstić information content (AvgIpc) is 2.89. The van der Waals surface area contributed by atoms with Gasteiger partial charge < -0.3 is 13.8 Å². The van der Waals surface area contributed by atoms with Gasteiger partial charge in [-0.3, -0.25) is 4.57 Å². The Labute approximate surface area is 227 Å². The summed E-state index contributed by atoms with van der Waals surface area (Å²) >= 11 is 12.4. The lowest BCUT2D eigenvalue weighted by Gasteiger charge is -2.38. The van der Waals surface area contributed by atoms with E-state index < -0.39 is 7.60 Å². The molecule has 0 spiro atoms. The van der Waals surface area contributed by atoms with E-state index in [1.54, 1.807) is 30.3 Å². The van der Waals surface area contributed by atoms with Crippen LogP contribution in [0.3, 0.4) is 0 Å². The van der Waals surface area contributed by atoms with Crippen LogP contribution < -0.4 is 10.0 Å². The Bertz CT molecular complexity index is 1240. The van der Waals surface area contributed by atoms with Gasteiger partial charge in [0, 0.05) is 24.5 Å². The van der Waals surface area contributed by atoms with Gasteiger partial charge in [0.1, 0.15) is 11.5 Å². The molecule has 3 aromatic rings. The maximum Gasteiger partial charge on any atom is 0.361 e. The van der Waals surface area contributed by atoms with Crippen LogP contribution in [0.4, 0.5) is 0 Å². The van der Waals surface area contributed by atoms with Crippen molar-refractivity contribution in [3.05, 3.63) is 87.9 Å². The molecule has 0 N–H and O–H groups in total. The molecule has 1 aliphatic rings. The Hall–Kier alpha value is -1.21. The summed E-state index contributed by atoms with van der Waals surface area (Å²) in [4.78, 5) is 2.20. The summed E-state index contributed by atoms with van der Waals surface area (Å²) in [7, 11) is -3.31. The van der Waals surface area contributed by atoms with Gasteiger partial charge in [-0.15, -0.1) is 20.7 Å². The van der Waals surface area contributed by atoms with Gasteiger partial charge in [0.15, 0.2) is 0 Å². The largest absolute Gasteiger partial charge is 0.457 e. The molecule has 186 valence electrons. The molecule has 1 heterocycles. The predicted molar refractivity (Wildman–Crippen MR) is 155 cm³/mol. The van der Waals surface area contributed by atoms with Crippen molar-refractivity contribution in [2.24, 2.45) is 5.41 Å². The molecule has 1 saturated heterocycles. The molecular weight excluding hydrogens is 617 g/mol. The number of alkyl halides is 1. The molecule has 0 atom stereocenters. The van der Waals surface area contributed by atoms with Crippen molar-refractivity contribution in [2.45, 2.75) is 26.7 Å². The molecule has 0 aliphatic carbocycles. The Morgan fingerprint density at radius 1 is 0.943 bits per heavy atom. The van der Waals surface area contributed by atoms with Gasteiger partial charge in [-0.1, -0.05) is 49.2 Å². The van der Waals surface area contributed by atoms with Gasteiger partial charge >= 0.3 is 7.60 Å². The highest BCUT2D eigenvalue weighted by Gasteiger charge is 2.41. The lowest BCUT2D eigenvalue weighted by molar-refractivity contribution is 0.0157. The Morgan fingerprint density at radius 3 is 2.06 bits per heavy atom. The lowest BCUT2D eigenvalue weighted by Crippen LogP contribution is -2.36. The van der Waals surface area contributed by atoms with Crippen LogP contribution in [-0.4, -0.2) is 21.7 Å². The summed E-state index contributed by atoms with van der Waals surface area (Å²) < 4.78 is 32.0. The van der Waals surface area contributed by atoms with Crippen molar-refractivity contribution in [1.29, 1.82) is 0 Å². The van der Waals surface area contributed by atoms with Crippen molar-refractivity contribution in [3.8, 4) is 11.5 Å². The topological polar surface area (TPSA) is 44.8 Å². The maximum absolute atomic E-state index is 13.2. The second kappa shape index (κ2) is 11.5. The maximum atomic E-state index is 13.2. The number of hydrogen-bond donors (Lipinski definition) is 0. The molecule has 0 bridgehead atoms. The molecule has 0 radical (unpaired) electrons. The van der Waals surface area contributed by atoms with Gasteiger partial charge in [0.25, 0.3) is 0 Å². The number of ether oxygens (including phenoxy) is 1. The fraction of sp³-hybridized carbons (Fsp3) is 0.296. The fourth-order valence-corrected chi connectivity index (χ4v) is 8.19. The summed E-state index contributed by atoms with van der Waals surface area (Å²) in [5.41, 5.74) is 2.03. The van der Waals surface area contributed by atoms with E-state index in [-0.39, 0.29) is 26.1 Å². The molecule has 0 saturated carbocycles. The monoisotopic (exact) mass is 644 g/mol. The lowest BCUT2D eigenvalue weighted by atomic mass is 9.84. The van der Waals surface area contributed by atoms with Crippen LogP contribution in [0.25, 0.3) is 0 Å². The minimum absolute atomic E-state index is 0.0573. The minimum Gasteiger partial charge on any atom is -0.457 e. The molecule has 4 rings (SSSR count). The van der Waals surface area contributed by atoms with Crippen molar-refractivity contribution in [2.75, 3.05) is 18.1 Å². The number of hydrogen-bond acceptors (Lipinski definition) is 4. The first-order chi connectivity index (χ1) is 16.8. The molecule has 35 heavy (non-hydrogen) atoms. The summed E-state index contributed by atoms with van der Waals surface area (Å²) in [6.07, 6.45) is 1.86. The SMILES string of the molecule is CCC1(CC)COP(=O)(c2ccc(Oc3ccc(C(=IC)c4cc(Cl)ccc4Cl)cc3)cc2)OC1. The Kier molecular flexibility index (Phi) is 8.78. The third-order valence-electron chi connectivity index (χ3n) is 6.43. The smallest absolute Gasteiger partial charge is 0.361 e. The standard InChI is InChI=1S/C27H28Cl2IO4P/c1-4-27(5-2)17-32-35(31,33-18-27)23-13-11-22(12-14-23)34-21-9-6-19(7-10-21)26(30-3)24-16-20(28)8-15-25(24)29/h6-16H,4-5,17-18H2,1-3H3. The molecule has 8 heteroatoms. The zero-order valence-electron chi connectivity index (χ0n) is 19.9. The van der Waals surface area contributed by atoms with E-state index in [4.69, 9.17) is 37.0 Å². The van der Waals surface area contributed by atoms with Crippen LogP contribution in [0.2, 0.25) is 10.0 Å². The average molecular weight is 645 g/mol. The predicted octanol–water partition coefficient (Wildman–Crippen LogP) is 8.63. The summed E-state index contributed by atoms with van der Waals surface area (Å²) in [6, 6.07) is 20.6. The highest BCUT2D eigenvalue weighted by molar-refractivity contribution is 14.2. The number of rotatable bonds is 7. The van der Waals surface area contributed by atoms with Crippen molar-refractivity contribution in [1.82, 2.24) is 0 Å². The van der Waals surface area contributed by atoms with Gasteiger partial charge in [-0.2, -0.15) is 0 Å². The third kappa shape index (κ3) is 6.03. The third-order valence-corrected chi connectivity index (χ3v) is 11.1. The fourth-order valence-electron chi connectivity index (χ4n) is 3.86. The van der Waals surface area contributed by atoms with Crippen LogP contribution in [0.15, 0.2) is 66.7 Å². The quantitative estimate of drug-likeness (QED) is 0.147. The van der Waals surface area contributed by atoms with E-state index in [0.29, 0.717) is 40.1 Å². The first kappa shape index (κ1) is 26.8. The second-order valence-electron chi connectivity index (χ2n) is 8.50. The number of halogens is 3. The number of benzene rings is 3. The molecular formula is C27H28Cl2IO4P. The van der Waals surface area contributed by atoms with Gasteiger partial charge in [0.05, 0.1) is 18.5 Å². The minimum atomic E-state index is -3.31. The highest BCUT2D eigenvalue weighted by atomic mass is 127. The van der Waals surface area contributed by atoms with Crippen molar-refractivity contribution >= 4 is 60.3 Å². The van der Waals surface area contributed by atoms with Crippen molar-refractivity contribution < 1.29 is 18.3 Å². The molecule has 3 aromatic carbocycles. The van der Waals surface area contributed by atoms with E-state index in [9.17, 15) is 4.57 Å². The molecule has 1 fully saturated rings. The molecule has 0 amide bonds. The van der Waals surface area contributed by atoms with E-state index in [1.165, 1.54) is 3.51 Å². The molecule has 1 aliphatic heterocycles. The Morgan fingerprint density at radius 2 is 1.51 bits per heavy atom. The zero-order valence-corrected chi connectivity index (χ0v) is 24.5. The van der Waals surface area contributed by atoms with Gasteiger partial charge in [-0.05, 0) is 77.9 Å². The summed E-state index contributed by atoms with van der Waals surface area (Å²) in [6.45, 7) is 5.11. The van der Waals surface area contributed by atoms with Crippen LogP contribution in [-0.2, 0) is 13.6 Å². The molecule has 0 unspecified atom stereocenters. The van der Waals surface area contributed by atoms with E-state index in [2.05, 4.69) is 18.8 Å². The van der Waals surface area contributed by atoms with Crippen LogP contribution >= 0.6 is 51.5 Å². The molecule has 4 nitrogen and oxygen atoms in total. The first-order valence-electron chi connectivity index (χ1n) is 11.4. The van der Waals surface area contributed by atoms with E-state index >= 15 is 0 Å². The van der Waals surface area contributed by atoms with E-state index in [0.717, 1.165) is 24.0 Å². The Balaban J connectivity index is 1.45. The summed E-state index contributed by atoms with van der Waals surface area (Å²) in [5, 5.41) is 1.92. The van der Waals surface area contributed by atoms with Crippen molar-refractivity contribution in [3.63, 3.8) is 0 Å².